The van der Waals surface area contributed by atoms with E-state index in [0.717, 1.165) is 6.07 Å². The lowest BCUT2D eigenvalue weighted by Crippen LogP contribution is -2.32. The Balaban J connectivity index is 2.06. The van der Waals surface area contributed by atoms with E-state index in [-0.39, 0.29) is 28.7 Å². The smallest absolute Gasteiger partial charge is 0.258 e. The molecule has 0 unspecified atom stereocenters. The first kappa shape index (κ1) is 21.5. The first-order valence-corrected chi connectivity index (χ1v) is 9.42. The second-order valence-corrected chi connectivity index (χ2v) is 8.01. The van der Waals surface area contributed by atoms with E-state index in [4.69, 9.17) is 25.8 Å². The summed E-state index contributed by atoms with van der Waals surface area (Å²) in [5.74, 6) is -0.268. The highest BCUT2D eigenvalue weighted by atomic mass is 35.5. The molecule has 30 heavy (non-hydrogen) atoms. The molecule has 1 heterocycles. The minimum Gasteiger partial charge on any atom is -0.495 e. The molecule has 0 saturated carbocycles. The second kappa shape index (κ2) is 8.25. The molecule has 1 N–H and O–H groups in total. The van der Waals surface area contributed by atoms with Gasteiger partial charge in [0.05, 0.1) is 23.3 Å². The number of nitrogens with one attached hydrogen (secondary N) is 1. The lowest BCUT2D eigenvalue weighted by Gasteiger charge is -2.26. The van der Waals surface area contributed by atoms with E-state index in [0.29, 0.717) is 22.8 Å². The molecule has 0 atom stereocenters. The zero-order valence-corrected chi connectivity index (χ0v) is 17.7. The molecule has 1 aliphatic rings. The average Bonchev–Trinajstić information content (AvgIpc) is 3.15. The molecule has 0 spiro atoms. The lowest BCUT2D eigenvalue weighted by atomic mass is 9.86. The number of carbonyl (C=O) groups excluding carboxylic acids is 1. The predicted molar refractivity (Wildman–Crippen MR) is 110 cm³/mol. The Kier molecular flexibility index (Phi) is 5.90. The van der Waals surface area contributed by atoms with Gasteiger partial charge < -0.3 is 19.5 Å². The van der Waals surface area contributed by atoms with Gasteiger partial charge in [-0.05, 0) is 35.9 Å². The highest BCUT2D eigenvalue weighted by Gasteiger charge is 2.27. The maximum absolute atomic E-state index is 14.4. The van der Waals surface area contributed by atoms with Crippen molar-refractivity contribution in [3.05, 3.63) is 58.0 Å². The van der Waals surface area contributed by atoms with Crippen molar-refractivity contribution >= 4 is 23.1 Å². The summed E-state index contributed by atoms with van der Waals surface area (Å²) >= 11 is 5.91. The minimum atomic E-state index is -0.798. The molecule has 3 rings (SSSR count). The van der Waals surface area contributed by atoms with Gasteiger partial charge in [0.2, 0.25) is 6.79 Å². The summed E-state index contributed by atoms with van der Waals surface area (Å²) in [6.07, 6.45) is 0. The fourth-order valence-electron chi connectivity index (χ4n) is 2.98. The Morgan fingerprint density at radius 3 is 2.57 bits per heavy atom. The molecule has 0 bridgehead atoms. The number of ether oxygens (including phenoxy) is 3. The number of fused-ring (bicyclic) bond motifs is 1. The Morgan fingerprint density at radius 1 is 1.23 bits per heavy atom. The van der Waals surface area contributed by atoms with Crippen LogP contribution in [0.25, 0.3) is 5.57 Å². The largest absolute Gasteiger partial charge is 0.495 e. The molecule has 0 saturated heterocycles. The molecule has 1 aliphatic heterocycles. The number of hydrogen-bond acceptors (Lipinski definition) is 5. The molecule has 0 aromatic heterocycles. The fourth-order valence-corrected chi connectivity index (χ4v) is 3.21. The first-order valence-electron chi connectivity index (χ1n) is 9.05. The maximum atomic E-state index is 14.4. The van der Waals surface area contributed by atoms with Gasteiger partial charge in [-0.2, -0.15) is 5.26 Å². The van der Waals surface area contributed by atoms with Crippen LogP contribution in [0.1, 0.15) is 36.7 Å². The predicted octanol–water partition coefficient (Wildman–Crippen LogP) is 4.93. The molecule has 156 valence electrons. The molecule has 0 aliphatic carbocycles. The quantitative estimate of drug-likeness (QED) is 0.696. The topological polar surface area (TPSA) is 80.6 Å². The van der Waals surface area contributed by atoms with E-state index >= 15 is 0 Å². The van der Waals surface area contributed by atoms with Crippen LogP contribution < -0.4 is 19.5 Å². The zero-order valence-electron chi connectivity index (χ0n) is 16.9. The standard InChI is InChI=1S/C22H20ClFN2O4/c1-22(2,3)20(14(10-25)12-5-6-17-19(7-12)30-11-29-17)26-21(27)13-8-18(28-4)15(23)9-16(13)24/h5-9H,11H2,1-4H3,(H,26,27)/b20-14-. The van der Waals surface area contributed by atoms with Gasteiger partial charge in [-0.25, -0.2) is 4.39 Å². The van der Waals surface area contributed by atoms with E-state index in [1.54, 1.807) is 18.2 Å². The number of carbonyl (C=O) groups is 1. The van der Waals surface area contributed by atoms with Crippen molar-refractivity contribution in [1.82, 2.24) is 5.32 Å². The van der Waals surface area contributed by atoms with Gasteiger partial charge in [0, 0.05) is 11.1 Å². The summed E-state index contributed by atoms with van der Waals surface area (Å²) in [4.78, 5) is 12.9. The first-order chi connectivity index (χ1) is 14.2. The number of hydrogen-bond donors (Lipinski definition) is 1. The molecule has 2 aromatic carbocycles. The minimum absolute atomic E-state index is 0.0520. The Morgan fingerprint density at radius 2 is 1.93 bits per heavy atom. The summed E-state index contributed by atoms with van der Waals surface area (Å²) in [5, 5.41) is 12.6. The van der Waals surface area contributed by atoms with Crippen molar-refractivity contribution in [1.29, 1.82) is 5.26 Å². The summed E-state index contributed by atoms with van der Waals surface area (Å²) in [6, 6.07) is 9.45. The van der Waals surface area contributed by atoms with Crippen molar-refractivity contribution in [3.8, 4) is 23.3 Å². The number of allylic oxidation sites excluding steroid dienone is 2. The fraction of sp³-hybridized carbons (Fsp3) is 0.273. The van der Waals surface area contributed by atoms with Crippen LogP contribution in [0.4, 0.5) is 4.39 Å². The number of rotatable bonds is 4. The SMILES string of the molecule is COc1cc(C(=O)N/C(=C(/C#N)c2ccc3c(c2)OCO3)C(C)(C)C)c(F)cc1Cl. The zero-order chi connectivity index (χ0) is 22.1. The van der Waals surface area contributed by atoms with Crippen LogP contribution in [0.5, 0.6) is 17.2 Å². The van der Waals surface area contributed by atoms with Crippen molar-refractivity contribution in [2.75, 3.05) is 13.9 Å². The highest BCUT2D eigenvalue weighted by Crippen LogP contribution is 2.37. The number of amides is 1. The van der Waals surface area contributed by atoms with Gasteiger partial charge in [-0.1, -0.05) is 32.4 Å². The molecule has 0 radical (unpaired) electrons. The molecule has 0 fully saturated rings. The Labute approximate surface area is 178 Å². The maximum Gasteiger partial charge on any atom is 0.258 e. The van der Waals surface area contributed by atoms with E-state index in [1.165, 1.54) is 13.2 Å². The van der Waals surface area contributed by atoms with E-state index in [2.05, 4.69) is 11.4 Å². The van der Waals surface area contributed by atoms with Crippen molar-refractivity contribution in [2.24, 2.45) is 5.41 Å². The molecule has 2 aromatic rings. The van der Waals surface area contributed by atoms with Crippen LogP contribution in [0.2, 0.25) is 5.02 Å². The third-order valence-electron chi connectivity index (χ3n) is 4.50. The number of nitrogens with zero attached hydrogens (tertiary/aromatic N) is 1. The number of methoxy groups -OCH3 is 1. The van der Waals surface area contributed by atoms with Gasteiger partial charge in [0.25, 0.3) is 5.91 Å². The molecule has 6 nitrogen and oxygen atoms in total. The third kappa shape index (κ3) is 4.19. The average molecular weight is 431 g/mol. The van der Waals surface area contributed by atoms with Gasteiger partial charge >= 0.3 is 0 Å². The van der Waals surface area contributed by atoms with Crippen LogP contribution in [-0.2, 0) is 0 Å². The molecule has 1 amide bonds. The highest BCUT2D eigenvalue weighted by molar-refractivity contribution is 6.32. The van der Waals surface area contributed by atoms with Crippen LogP contribution in [0.3, 0.4) is 0 Å². The number of halogens is 2. The van der Waals surface area contributed by atoms with Crippen molar-refractivity contribution < 1.29 is 23.4 Å². The van der Waals surface area contributed by atoms with Crippen LogP contribution in [0, 0.1) is 22.6 Å². The van der Waals surface area contributed by atoms with Crippen LogP contribution >= 0.6 is 11.6 Å². The van der Waals surface area contributed by atoms with Gasteiger partial charge in [0.1, 0.15) is 17.6 Å². The van der Waals surface area contributed by atoms with Crippen LogP contribution in [0.15, 0.2) is 36.0 Å². The summed E-state index contributed by atoms with van der Waals surface area (Å²) < 4.78 is 30.2. The molecule has 8 heteroatoms. The number of benzene rings is 2. The normalized spacial score (nSPS) is 13.4. The van der Waals surface area contributed by atoms with Crippen molar-refractivity contribution in [2.45, 2.75) is 20.8 Å². The lowest BCUT2D eigenvalue weighted by molar-refractivity contribution is 0.0953. The van der Waals surface area contributed by atoms with Gasteiger partial charge in [0.15, 0.2) is 11.5 Å². The van der Waals surface area contributed by atoms with Gasteiger partial charge in [-0.3, -0.25) is 4.79 Å². The van der Waals surface area contributed by atoms with E-state index < -0.39 is 17.1 Å². The summed E-state index contributed by atoms with van der Waals surface area (Å²) in [7, 11) is 1.37. The molecular weight excluding hydrogens is 411 g/mol. The van der Waals surface area contributed by atoms with Gasteiger partial charge in [-0.15, -0.1) is 0 Å². The Hall–Kier alpha value is -3.24. The second-order valence-electron chi connectivity index (χ2n) is 7.60. The van der Waals surface area contributed by atoms with Crippen molar-refractivity contribution in [3.63, 3.8) is 0 Å². The van der Waals surface area contributed by atoms with E-state index in [1.807, 2.05) is 20.8 Å². The summed E-state index contributed by atoms with van der Waals surface area (Å²) in [5.41, 5.74) is 0.226. The molecular formula is C22H20ClFN2O4. The number of nitriles is 1. The Bertz CT molecular complexity index is 1080. The van der Waals surface area contributed by atoms with E-state index in [9.17, 15) is 14.4 Å². The third-order valence-corrected chi connectivity index (χ3v) is 4.79. The van der Waals surface area contributed by atoms with Crippen LogP contribution in [-0.4, -0.2) is 19.8 Å². The monoisotopic (exact) mass is 430 g/mol. The summed E-state index contributed by atoms with van der Waals surface area (Å²) in [6.45, 7) is 5.62.